The fourth-order valence-corrected chi connectivity index (χ4v) is 1.49. The number of hydrogen-bond donors (Lipinski definition) is 1. The third-order valence-corrected chi connectivity index (χ3v) is 2.11. The smallest absolute Gasteiger partial charge is 0.131 e. The normalized spacial score (nSPS) is 10.7. The number of aromatic nitrogens is 2. The van der Waals surface area contributed by atoms with E-state index in [0.29, 0.717) is 5.92 Å². The molecule has 1 aromatic heterocycles. The van der Waals surface area contributed by atoms with Crippen molar-refractivity contribution < 1.29 is 0 Å². The Hall–Kier alpha value is -1.16. The average Bonchev–Trinajstić information content (AvgIpc) is 2.25. The van der Waals surface area contributed by atoms with Gasteiger partial charge < -0.3 is 10.6 Å². The second kappa shape index (κ2) is 6.35. The summed E-state index contributed by atoms with van der Waals surface area (Å²) >= 11 is 0. The largest absolute Gasteiger partial charge is 0.356 e. The first-order valence-corrected chi connectivity index (χ1v) is 5.45. The molecule has 0 radical (unpaired) electrons. The summed E-state index contributed by atoms with van der Waals surface area (Å²) in [6.07, 6.45) is 4.36. The fourth-order valence-electron chi connectivity index (χ4n) is 1.49. The predicted octanol–water partition coefficient (Wildman–Crippen LogP) is 1.29. The number of rotatable bonds is 6. The molecule has 0 unspecified atom stereocenters. The minimum atomic E-state index is 0.623. The Morgan fingerprint density at radius 1 is 1.47 bits per heavy atom. The highest BCUT2D eigenvalue weighted by atomic mass is 15.2. The molecule has 0 aliphatic carbocycles. The van der Waals surface area contributed by atoms with Gasteiger partial charge in [-0.25, -0.2) is 9.97 Å². The lowest BCUT2D eigenvalue weighted by atomic mass is 10.2. The van der Waals surface area contributed by atoms with Crippen molar-refractivity contribution in [1.82, 2.24) is 9.97 Å². The lowest BCUT2D eigenvalue weighted by Crippen LogP contribution is -2.30. The topological polar surface area (TPSA) is 55.0 Å². The van der Waals surface area contributed by atoms with Crippen LogP contribution in [0, 0.1) is 5.92 Å². The van der Waals surface area contributed by atoms with Gasteiger partial charge in [-0.2, -0.15) is 0 Å². The third kappa shape index (κ3) is 4.25. The molecular weight excluding hydrogens is 188 g/mol. The summed E-state index contributed by atoms with van der Waals surface area (Å²) in [6.45, 7) is 7.11. The van der Waals surface area contributed by atoms with E-state index < -0.39 is 0 Å². The molecule has 0 fully saturated rings. The van der Waals surface area contributed by atoms with Gasteiger partial charge in [-0.15, -0.1) is 0 Å². The van der Waals surface area contributed by atoms with Crippen LogP contribution < -0.4 is 10.6 Å². The summed E-state index contributed by atoms with van der Waals surface area (Å²) in [7, 11) is 0. The van der Waals surface area contributed by atoms with E-state index in [1.165, 1.54) is 0 Å². The number of hydrogen-bond acceptors (Lipinski definition) is 4. The summed E-state index contributed by atoms with van der Waals surface area (Å²) in [4.78, 5) is 10.4. The maximum atomic E-state index is 5.53. The Morgan fingerprint density at radius 2 is 2.27 bits per heavy atom. The molecule has 0 aromatic carbocycles. The Morgan fingerprint density at radius 3 is 2.80 bits per heavy atom. The molecule has 84 valence electrons. The lowest BCUT2D eigenvalue weighted by molar-refractivity contribution is 0.596. The summed E-state index contributed by atoms with van der Waals surface area (Å²) in [5.74, 6) is 1.62. The van der Waals surface area contributed by atoms with Gasteiger partial charge in [0.25, 0.3) is 0 Å². The van der Waals surface area contributed by atoms with E-state index in [1.54, 1.807) is 12.5 Å². The van der Waals surface area contributed by atoms with Gasteiger partial charge >= 0.3 is 0 Å². The second-order valence-electron chi connectivity index (χ2n) is 4.05. The highest BCUT2D eigenvalue weighted by Gasteiger charge is 2.08. The molecule has 15 heavy (non-hydrogen) atoms. The first kappa shape index (κ1) is 11.9. The Labute approximate surface area is 91.5 Å². The van der Waals surface area contributed by atoms with E-state index in [0.717, 1.165) is 31.9 Å². The number of anilines is 1. The van der Waals surface area contributed by atoms with Crippen LogP contribution in [-0.4, -0.2) is 29.6 Å². The molecule has 4 nitrogen and oxygen atoms in total. The van der Waals surface area contributed by atoms with E-state index in [9.17, 15) is 0 Å². The molecular formula is C11H20N4. The van der Waals surface area contributed by atoms with Crippen LogP contribution in [0.3, 0.4) is 0 Å². The quantitative estimate of drug-likeness (QED) is 0.765. The minimum absolute atomic E-state index is 0.623. The minimum Gasteiger partial charge on any atom is -0.356 e. The second-order valence-corrected chi connectivity index (χ2v) is 4.05. The zero-order valence-corrected chi connectivity index (χ0v) is 9.56. The molecule has 0 amide bonds. The fraction of sp³-hybridized carbons (Fsp3) is 0.636. The highest BCUT2D eigenvalue weighted by molar-refractivity contribution is 5.36. The van der Waals surface area contributed by atoms with Crippen LogP contribution in [0.1, 0.15) is 20.3 Å². The molecule has 0 saturated heterocycles. The predicted molar refractivity (Wildman–Crippen MR) is 62.8 cm³/mol. The number of nitrogens with two attached hydrogens (primary N) is 1. The molecule has 2 N–H and O–H groups in total. The first-order valence-electron chi connectivity index (χ1n) is 5.45. The van der Waals surface area contributed by atoms with Crippen LogP contribution in [0.5, 0.6) is 0 Å². The van der Waals surface area contributed by atoms with Crippen LogP contribution in [0.15, 0.2) is 18.6 Å². The van der Waals surface area contributed by atoms with Gasteiger partial charge in [0, 0.05) is 19.3 Å². The van der Waals surface area contributed by atoms with Crippen molar-refractivity contribution in [2.45, 2.75) is 20.3 Å². The maximum absolute atomic E-state index is 5.53. The third-order valence-electron chi connectivity index (χ3n) is 2.11. The molecule has 0 aliphatic rings. The van der Waals surface area contributed by atoms with Gasteiger partial charge in [0.2, 0.25) is 0 Å². The average molecular weight is 208 g/mol. The monoisotopic (exact) mass is 208 g/mol. The van der Waals surface area contributed by atoms with Crippen molar-refractivity contribution in [3.63, 3.8) is 0 Å². The van der Waals surface area contributed by atoms with Crippen molar-refractivity contribution in [2.24, 2.45) is 11.7 Å². The van der Waals surface area contributed by atoms with Gasteiger partial charge in [0.1, 0.15) is 12.1 Å². The molecule has 1 rings (SSSR count). The highest BCUT2D eigenvalue weighted by Crippen LogP contribution is 2.11. The van der Waals surface area contributed by atoms with E-state index >= 15 is 0 Å². The molecule has 1 aromatic rings. The summed E-state index contributed by atoms with van der Waals surface area (Å²) in [6, 6.07) is 1.94. The van der Waals surface area contributed by atoms with Crippen molar-refractivity contribution in [3.8, 4) is 0 Å². The molecule has 0 bridgehead atoms. The molecule has 0 aliphatic heterocycles. The van der Waals surface area contributed by atoms with Crippen LogP contribution in [-0.2, 0) is 0 Å². The van der Waals surface area contributed by atoms with Crippen LogP contribution >= 0.6 is 0 Å². The molecule has 0 atom stereocenters. The standard InChI is InChI=1S/C11H20N4/c1-10(2)8-15(7-3-5-12)11-4-6-13-9-14-11/h4,6,9-10H,3,5,7-8,12H2,1-2H3. The maximum Gasteiger partial charge on any atom is 0.131 e. The molecule has 0 spiro atoms. The van der Waals surface area contributed by atoms with Crippen LogP contribution in [0.25, 0.3) is 0 Å². The van der Waals surface area contributed by atoms with Gasteiger partial charge in [-0.3, -0.25) is 0 Å². The molecule has 4 heteroatoms. The zero-order chi connectivity index (χ0) is 11.1. The van der Waals surface area contributed by atoms with E-state index in [4.69, 9.17) is 5.73 Å². The van der Waals surface area contributed by atoms with Gasteiger partial charge in [-0.05, 0) is 24.9 Å². The summed E-state index contributed by atoms with van der Waals surface area (Å²) in [5.41, 5.74) is 5.53. The lowest BCUT2D eigenvalue weighted by Gasteiger charge is -2.25. The van der Waals surface area contributed by atoms with E-state index in [1.807, 2.05) is 6.07 Å². The Bertz CT molecular complexity index is 261. The van der Waals surface area contributed by atoms with Crippen molar-refractivity contribution in [3.05, 3.63) is 18.6 Å². The van der Waals surface area contributed by atoms with Crippen LogP contribution in [0.4, 0.5) is 5.82 Å². The SMILES string of the molecule is CC(C)CN(CCCN)c1ccncn1. The van der Waals surface area contributed by atoms with Crippen LogP contribution in [0.2, 0.25) is 0 Å². The summed E-state index contributed by atoms with van der Waals surface area (Å²) in [5, 5.41) is 0. The van der Waals surface area contributed by atoms with Crippen molar-refractivity contribution in [1.29, 1.82) is 0 Å². The molecule has 0 saturated carbocycles. The van der Waals surface area contributed by atoms with Crippen molar-refractivity contribution in [2.75, 3.05) is 24.5 Å². The zero-order valence-electron chi connectivity index (χ0n) is 9.56. The van der Waals surface area contributed by atoms with Gasteiger partial charge in [-0.1, -0.05) is 13.8 Å². The van der Waals surface area contributed by atoms with E-state index in [2.05, 4.69) is 28.7 Å². The Kier molecular flexibility index (Phi) is 5.04. The first-order chi connectivity index (χ1) is 7.24. The van der Waals surface area contributed by atoms with Gasteiger partial charge in [0.05, 0.1) is 0 Å². The molecule has 1 heterocycles. The van der Waals surface area contributed by atoms with E-state index in [-0.39, 0.29) is 0 Å². The van der Waals surface area contributed by atoms with Crippen molar-refractivity contribution >= 4 is 5.82 Å². The van der Waals surface area contributed by atoms with Gasteiger partial charge in [0.15, 0.2) is 0 Å². The summed E-state index contributed by atoms with van der Waals surface area (Å²) < 4.78 is 0. The number of nitrogens with zero attached hydrogens (tertiary/aromatic N) is 3. The Balaban J connectivity index is 2.63.